The molecule has 0 bridgehead atoms. The van der Waals surface area contributed by atoms with Crippen LogP contribution in [0.5, 0.6) is 0 Å². The van der Waals surface area contributed by atoms with E-state index in [1.807, 2.05) is 30.3 Å². The zero-order valence-electron chi connectivity index (χ0n) is 14.9. The van der Waals surface area contributed by atoms with Gasteiger partial charge in [-0.3, -0.25) is 14.2 Å². The van der Waals surface area contributed by atoms with Gasteiger partial charge in [0.15, 0.2) is 0 Å². The normalized spacial score (nSPS) is 21.4. The van der Waals surface area contributed by atoms with Crippen molar-refractivity contribution in [2.24, 2.45) is 0 Å². The van der Waals surface area contributed by atoms with Crippen LogP contribution in [0.1, 0.15) is 39.1 Å². The van der Waals surface area contributed by atoms with Crippen LogP contribution >= 0.6 is 0 Å². The molecule has 0 aromatic heterocycles. The van der Waals surface area contributed by atoms with Gasteiger partial charge in [0.25, 0.3) is 11.8 Å². The highest BCUT2D eigenvalue weighted by atomic mass is 16.5. The molecular weight excluding hydrogens is 340 g/mol. The fourth-order valence-corrected chi connectivity index (χ4v) is 3.65. The molecule has 2 aromatic rings. The maximum absolute atomic E-state index is 13.5. The first kappa shape index (κ1) is 17.4. The topological polar surface area (TPSA) is 60.4 Å². The molecule has 0 fully saturated rings. The van der Waals surface area contributed by atoms with Gasteiger partial charge in [-0.25, -0.2) is 0 Å². The predicted octanol–water partition coefficient (Wildman–Crippen LogP) is 3.99. The van der Waals surface area contributed by atoms with Crippen molar-refractivity contribution in [3.8, 4) is 0 Å². The summed E-state index contributed by atoms with van der Waals surface area (Å²) >= 11 is 0. The van der Waals surface area contributed by atoms with Crippen molar-refractivity contribution in [1.82, 2.24) is 4.90 Å². The molecule has 1 atom stereocenters. The summed E-state index contributed by atoms with van der Waals surface area (Å²) in [5.41, 5.74) is 1.87. The average Bonchev–Trinajstić information content (AvgIpc) is 2.94. The quantitative estimate of drug-likeness (QED) is 0.460. The molecule has 2 heterocycles. The van der Waals surface area contributed by atoms with Crippen molar-refractivity contribution >= 4 is 11.8 Å². The van der Waals surface area contributed by atoms with E-state index in [-0.39, 0.29) is 12.4 Å². The van der Waals surface area contributed by atoms with Crippen molar-refractivity contribution < 1.29 is 14.2 Å². The molecular formula is C22H20N2O3. The molecule has 0 aliphatic carbocycles. The summed E-state index contributed by atoms with van der Waals surface area (Å²) in [6.07, 6.45) is 6.98. The molecule has 2 aliphatic rings. The number of allylic oxidation sites excluding steroid dienone is 2. The molecule has 2 aromatic carbocycles. The standard InChI is InChI=1S/C22H20N2O3/c25-21-18-12-4-5-13-19(18)22(26)23(21)20-14-6-7-15-24(20,27)16-8-11-17-9-2-1-3-10-17/h1-5,7,9-10,12-15H,6,8,11,16H2/t24-/m1/s1. The number of amides is 2. The number of aryl methyl sites for hydroxylation is 1. The van der Waals surface area contributed by atoms with Crippen molar-refractivity contribution in [3.63, 3.8) is 0 Å². The minimum atomic E-state index is -0.793. The van der Waals surface area contributed by atoms with Gasteiger partial charge in [0.1, 0.15) is 0 Å². The summed E-state index contributed by atoms with van der Waals surface area (Å²) in [5.74, 6) is -0.631. The van der Waals surface area contributed by atoms with E-state index in [9.17, 15) is 14.8 Å². The number of imide groups is 1. The Morgan fingerprint density at radius 3 is 2.22 bits per heavy atom. The molecule has 5 nitrogen and oxygen atoms in total. The molecule has 0 saturated carbocycles. The molecule has 0 saturated heterocycles. The number of quaternary nitrogens is 1. The average molecular weight is 360 g/mol. The summed E-state index contributed by atoms with van der Waals surface area (Å²) in [7, 11) is 0. The second-order valence-electron chi connectivity index (χ2n) is 6.78. The number of carbonyl (C=O) groups is 2. The van der Waals surface area contributed by atoms with Crippen molar-refractivity contribution in [3.05, 3.63) is 101 Å². The van der Waals surface area contributed by atoms with Crippen LogP contribution in [0.15, 0.2) is 78.8 Å². The highest BCUT2D eigenvalue weighted by Gasteiger charge is 2.43. The van der Waals surface area contributed by atoms with Crippen LogP contribution < -0.4 is 0 Å². The minimum Gasteiger partial charge on any atom is -0.621 e. The second kappa shape index (κ2) is 6.95. The predicted molar refractivity (Wildman–Crippen MR) is 102 cm³/mol. The van der Waals surface area contributed by atoms with Crippen molar-refractivity contribution in [2.75, 3.05) is 6.54 Å². The number of hydrogen-bond donors (Lipinski definition) is 0. The number of carbonyl (C=O) groups excluding carboxylic acids is 2. The molecule has 0 radical (unpaired) electrons. The Morgan fingerprint density at radius 1 is 0.926 bits per heavy atom. The smallest absolute Gasteiger partial charge is 0.270 e. The van der Waals surface area contributed by atoms with Crippen LogP contribution in [-0.4, -0.2) is 27.9 Å². The third-order valence-corrected chi connectivity index (χ3v) is 4.99. The lowest BCUT2D eigenvalue weighted by Crippen LogP contribution is -2.47. The van der Waals surface area contributed by atoms with E-state index in [1.165, 1.54) is 0 Å². The van der Waals surface area contributed by atoms with Gasteiger partial charge in [0.2, 0.25) is 5.82 Å². The fraction of sp³-hybridized carbons (Fsp3) is 0.182. The lowest BCUT2D eigenvalue weighted by Gasteiger charge is -2.43. The van der Waals surface area contributed by atoms with E-state index in [0.29, 0.717) is 24.0 Å². The lowest BCUT2D eigenvalue weighted by molar-refractivity contribution is -0.797. The van der Waals surface area contributed by atoms with Gasteiger partial charge in [-0.2, -0.15) is 4.90 Å². The molecule has 0 spiro atoms. The van der Waals surface area contributed by atoms with Crippen LogP contribution in [0.2, 0.25) is 0 Å². The van der Waals surface area contributed by atoms with E-state index in [1.54, 1.807) is 42.6 Å². The van der Waals surface area contributed by atoms with Crippen LogP contribution in [0.25, 0.3) is 0 Å². The fourth-order valence-electron chi connectivity index (χ4n) is 3.65. The highest BCUT2D eigenvalue weighted by Crippen LogP contribution is 2.33. The molecule has 2 amide bonds. The van der Waals surface area contributed by atoms with Crippen LogP contribution in [0, 0.1) is 5.21 Å². The Hall–Kier alpha value is -3.02. The summed E-state index contributed by atoms with van der Waals surface area (Å²) in [6.45, 7) is 0.268. The zero-order chi connectivity index (χ0) is 18.9. The molecule has 2 aliphatic heterocycles. The van der Waals surface area contributed by atoms with Crippen LogP contribution in [-0.2, 0) is 6.42 Å². The number of benzene rings is 2. The first-order chi connectivity index (χ1) is 13.1. The van der Waals surface area contributed by atoms with Gasteiger partial charge in [-0.05, 0) is 36.6 Å². The molecule has 4 rings (SSSR count). The monoisotopic (exact) mass is 360 g/mol. The van der Waals surface area contributed by atoms with Gasteiger partial charge in [-0.1, -0.05) is 42.5 Å². The summed E-state index contributed by atoms with van der Waals surface area (Å²) in [4.78, 5) is 26.6. The first-order valence-electron chi connectivity index (χ1n) is 9.09. The Kier molecular flexibility index (Phi) is 4.48. The number of rotatable bonds is 5. The van der Waals surface area contributed by atoms with Gasteiger partial charge < -0.3 is 5.21 Å². The maximum Gasteiger partial charge on any atom is 0.270 e. The minimum absolute atomic E-state index is 0.205. The van der Waals surface area contributed by atoms with Crippen LogP contribution in [0.4, 0.5) is 0 Å². The van der Waals surface area contributed by atoms with E-state index in [0.717, 1.165) is 16.9 Å². The van der Waals surface area contributed by atoms with E-state index in [4.69, 9.17) is 0 Å². The summed E-state index contributed by atoms with van der Waals surface area (Å²) in [5, 5.41) is 13.5. The van der Waals surface area contributed by atoms with E-state index < -0.39 is 16.5 Å². The van der Waals surface area contributed by atoms with Crippen molar-refractivity contribution in [1.29, 1.82) is 0 Å². The molecule has 27 heavy (non-hydrogen) atoms. The van der Waals surface area contributed by atoms with E-state index >= 15 is 0 Å². The molecule has 0 unspecified atom stereocenters. The van der Waals surface area contributed by atoms with Gasteiger partial charge in [0.05, 0.1) is 23.9 Å². The zero-order valence-corrected chi connectivity index (χ0v) is 14.9. The van der Waals surface area contributed by atoms with Gasteiger partial charge in [0, 0.05) is 12.5 Å². The summed E-state index contributed by atoms with van der Waals surface area (Å²) < 4.78 is -0.793. The van der Waals surface area contributed by atoms with E-state index in [2.05, 4.69) is 0 Å². The Bertz CT molecular complexity index is 914. The Balaban J connectivity index is 1.56. The third kappa shape index (κ3) is 3.12. The third-order valence-electron chi connectivity index (χ3n) is 4.99. The second-order valence-corrected chi connectivity index (χ2v) is 6.78. The molecule has 0 N–H and O–H groups in total. The van der Waals surface area contributed by atoms with Crippen LogP contribution in [0.3, 0.4) is 0 Å². The number of fused-ring (bicyclic) bond motifs is 1. The number of hydrogen-bond acceptors (Lipinski definition) is 3. The maximum atomic E-state index is 13.5. The van der Waals surface area contributed by atoms with Crippen molar-refractivity contribution in [2.45, 2.75) is 19.3 Å². The number of hydroxylamine groups is 3. The molecule has 5 heteroatoms. The van der Waals surface area contributed by atoms with Gasteiger partial charge in [-0.15, -0.1) is 0 Å². The SMILES string of the molecule is O=C1c2ccccc2C(=O)N1C1=CCC=C[N@@+]1([O-])CCCc1ccccc1. The lowest BCUT2D eigenvalue weighted by atomic mass is 10.1. The number of nitrogens with zero attached hydrogens (tertiary/aromatic N) is 2. The largest absolute Gasteiger partial charge is 0.621 e. The summed E-state index contributed by atoms with van der Waals surface area (Å²) in [6, 6.07) is 16.7. The first-order valence-corrected chi connectivity index (χ1v) is 9.09. The highest BCUT2D eigenvalue weighted by molar-refractivity contribution is 6.22. The molecule has 136 valence electrons. The van der Waals surface area contributed by atoms with Gasteiger partial charge >= 0.3 is 0 Å². The Labute approximate surface area is 158 Å². The Morgan fingerprint density at radius 2 is 1.56 bits per heavy atom.